The highest BCUT2D eigenvalue weighted by Crippen LogP contribution is 2.62. The van der Waals surface area contributed by atoms with Gasteiger partial charge in [0.05, 0.1) is 21.3 Å². The van der Waals surface area contributed by atoms with Crippen molar-refractivity contribution in [2.75, 3.05) is 21.3 Å². The molecule has 34 heavy (non-hydrogen) atoms. The molecule has 0 atom stereocenters. The Morgan fingerprint density at radius 2 is 0.941 bits per heavy atom. The molecule has 0 aliphatic carbocycles. The lowest BCUT2D eigenvalue weighted by atomic mass is 10.2. The summed E-state index contributed by atoms with van der Waals surface area (Å²) in [6, 6.07) is 35.9. The van der Waals surface area contributed by atoms with Crippen LogP contribution in [0.5, 0.6) is 17.2 Å². The standard InChI is InChI=1S/C18H15BrP.C10H13BrO3/c19-20(16-10-4-1-5-11-16,17-12-6-2-7-13-17)18-14-8-3-9-15-18;1-12-8-4-7(6-11)5-9(13-2)10(8)14-3/h1-15H;4-5H,6H2,1-3H3. The second kappa shape index (κ2) is 12.9. The van der Waals surface area contributed by atoms with Crippen LogP contribution in [0.25, 0.3) is 0 Å². The Labute approximate surface area is 219 Å². The van der Waals surface area contributed by atoms with Crippen LogP contribution in [0.15, 0.2) is 103 Å². The summed E-state index contributed by atoms with van der Waals surface area (Å²) >= 11 is 7.50. The van der Waals surface area contributed by atoms with Crippen LogP contribution in [-0.4, -0.2) is 21.3 Å². The van der Waals surface area contributed by atoms with Gasteiger partial charge in [-0.15, -0.1) is 0 Å². The Kier molecular flexibility index (Phi) is 10.0. The van der Waals surface area contributed by atoms with E-state index in [0.717, 1.165) is 10.9 Å². The highest BCUT2D eigenvalue weighted by molar-refractivity contribution is 9.44. The number of ether oxygens (including phenoxy) is 3. The van der Waals surface area contributed by atoms with Crippen LogP contribution in [0.3, 0.4) is 0 Å². The van der Waals surface area contributed by atoms with Crippen molar-refractivity contribution in [2.24, 2.45) is 0 Å². The summed E-state index contributed by atoms with van der Waals surface area (Å²) < 4.78 is 15.6. The molecule has 1 radical (unpaired) electrons. The number of rotatable bonds is 7. The van der Waals surface area contributed by atoms with Crippen molar-refractivity contribution >= 4 is 53.3 Å². The molecule has 0 aromatic heterocycles. The molecule has 6 heteroatoms. The van der Waals surface area contributed by atoms with Gasteiger partial charge in [0.25, 0.3) is 0 Å². The third kappa shape index (κ3) is 6.02. The van der Waals surface area contributed by atoms with Crippen molar-refractivity contribution in [3.8, 4) is 17.2 Å². The number of halogens is 2. The third-order valence-corrected chi connectivity index (χ3v) is 12.6. The fourth-order valence-corrected chi connectivity index (χ4v) is 8.65. The molecule has 4 aromatic rings. The first-order valence-corrected chi connectivity index (χ1v) is 15.6. The first kappa shape index (κ1) is 26.3. The topological polar surface area (TPSA) is 27.7 Å². The predicted molar refractivity (Wildman–Crippen MR) is 153 cm³/mol. The van der Waals surface area contributed by atoms with Gasteiger partial charge in [0.2, 0.25) is 5.75 Å². The van der Waals surface area contributed by atoms with E-state index in [2.05, 4.69) is 122 Å². The van der Waals surface area contributed by atoms with Crippen LogP contribution >= 0.6 is 37.4 Å². The summed E-state index contributed by atoms with van der Waals surface area (Å²) in [5, 5.41) is 4.79. The van der Waals surface area contributed by atoms with Gasteiger partial charge in [-0.1, -0.05) is 122 Å². The Morgan fingerprint density at radius 3 is 1.21 bits per heavy atom. The van der Waals surface area contributed by atoms with Gasteiger partial charge >= 0.3 is 0 Å². The monoisotopic (exact) mass is 601 g/mol. The minimum atomic E-state index is -1.71. The number of hydrogen-bond donors (Lipinski definition) is 0. The van der Waals surface area contributed by atoms with Gasteiger partial charge in [-0.2, -0.15) is 0 Å². The Bertz CT molecular complexity index is 1030. The number of hydrogen-bond acceptors (Lipinski definition) is 3. The largest absolute Gasteiger partial charge is 0.493 e. The van der Waals surface area contributed by atoms with E-state index >= 15 is 0 Å². The SMILES string of the molecule is Br[P](c1ccccc1)(c1ccccc1)c1ccccc1.COc1cc(CBr)cc(OC)c1OC. The summed E-state index contributed by atoms with van der Waals surface area (Å²) in [5.41, 5.74) is 1.08. The van der Waals surface area contributed by atoms with E-state index in [-0.39, 0.29) is 0 Å². The van der Waals surface area contributed by atoms with Crippen molar-refractivity contribution in [1.29, 1.82) is 0 Å². The molecular weight excluding hydrogens is 575 g/mol. The molecule has 177 valence electrons. The molecule has 0 bridgehead atoms. The summed E-state index contributed by atoms with van der Waals surface area (Å²) in [7, 11) is 4.80. The summed E-state index contributed by atoms with van der Waals surface area (Å²) in [6.07, 6.45) is 0. The second-order valence-electron chi connectivity index (χ2n) is 7.26. The maximum atomic E-state index is 5.20. The molecule has 0 N–H and O–H groups in total. The van der Waals surface area contributed by atoms with E-state index < -0.39 is 5.96 Å². The average molecular weight is 603 g/mol. The smallest absolute Gasteiger partial charge is 0.203 e. The number of benzene rings is 4. The van der Waals surface area contributed by atoms with Gasteiger partial charge in [-0.3, -0.25) is 0 Å². The zero-order valence-electron chi connectivity index (χ0n) is 19.4. The van der Waals surface area contributed by atoms with Crippen molar-refractivity contribution in [3.63, 3.8) is 0 Å². The quantitative estimate of drug-likeness (QED) is 0.170. The van der Waals surface area contributed by atoms with Crippen LogP contribution in [0.1, 0.15) is 5.56 Å². The van der Waals surface area contributed by atoms with E-state index in [1.165, 1.54) is 15.9 Å². The van der Waals surface area contributed by atoms with Crippen molar-refractivity contribution in [1.82, 2.24) is 0 Å². The van der Waals surface area contributed by atoms with Gasteiger partial charge < -0.3 is 14.2 Å². The van der Waals surface area contributed by atoms with Crippen molar-refractivity contribution in [3.05, 3.63) is 109 Å². The molecule has 4 aromatic carbocycles. The highest BCUT2D eigenvalue weighted by Gasteiger charge is 2.30. The Hall–Kier alpha value is -2.33. The van der Waals surface area contributed by atoms with E-state index in [0.29, 0.717) is 17.2 Å². The van der Waals surface area contributed by atoms with Crippen LogP contribution in [0.4, 0.5) is 0 Å². The summed E-state index contributed by atoms with van der Waals surface area (Å²) in [5.74, 6) is 0.274. The van der Waals surface area contributed by atoms with Crippen molar-refractivity contribution in [2.45, 2.75) is 5.33 Å². The molecule has 4 rings (SSSR count). The number of methoxy groups -OCH3 is 3. The maximum absolute atomic E-state index is 5.20. The summed E-state index contributed by atoms with van der Waals surface area (Å²) in [4.78, 5) is 0. The van der Waals surface area contributed by atoms with Gasteiger partial charge in [-0.05, 0) is 33.6 Å². The average Bonchev–Trinajstić information content (AvgIpc) is 2.93. The van der Waals surface area contributed by atoms with Crippen LogP contribution in [0.2, 0.25) is 0 Å². The maximum Gasteiger partial charge on any atom is 0.203 e. The fraction of sp³-hybridized carbons (Fsp3) is 0.143. The highest BCUT2D eigenvalue weighted by atomic mass is 79.9. The lowest BCUT2D eigenvalue weighted by molar-refractivity contribution is 0.324. The molecule has 0 saturated heterocycles. The number of alkyl halides is 1. The molecule has 0 heterocycles. The normalized spacial score (nSPS) is 10.6. The lowest BCUT2D eigenvalue weighted by Crippen LogP contribution is -2.26. The molecule has 0 amide bonds. The molecule has 3 nitrogen and oxygen atoms in total. The first-order valence-electron chi connectivity index (χ1n) is 10.7. The zero-order valence-corrected chi connectivity index (χ0v) is 23.5. The molecule has 0 aliphatic heterocycles. The van der Waals surface area contributed by atoms with E-state index in [9.17, 15) is 0 Å². The molecular formula is C28H28Br2O3P. The van der Waals surface area contributed by atoms with Gasteiger partial charge in [0.15, 0.2) is 11.5 Å². The van der Waals surface area contributed by atoms with E-state index in [4.69, 9.17) is 14.2 Å². The Balaban J connectivity index is 0.000000204. The third-order valence-electron chi connectivity index (χ3n) is 5.21. The van der Waals surface area contributed by atoms with Crippen LogP contribution in [-0.2, 0) is 5.33 Å². The van der Waals surface area contributed by atoms with Crippen molar-refractivity contribution < 1.29 is 14.2 Å². The molecule has 0 unspecified atom stereocenters. The van der Waals surface area contributed by atoms with E-state index in [1.807, 2.05) is 12.1 Å². The van der Waals surface area contributed by atoms with Gasteiger partial charge in [0.1, 0.15) is 0 Å². The summed E-state index contributed by atoms with van der Waals surface area (Å²) in [6.45, 7) is 0. The predicted octanol–water partition coefficient (Wildman–Crippen LogP) is 6.90. The zero-order chi connectivity index (χ0) is 24.4. The van der Waals surface area contributed by atoms with Crippen LogP contribution < -0.4 is 30.1 Å². The fourth-order valence-electron chi connectivity index (χ4n) is 3.56. The molecule has 0 aliphatic rings. The Morgan fingerprint density at radius 1 is 0.588 bits per heavy atom. The molecule has 0 fully saturated rings. The molecule has 0 spiro atoms. The lowest BCUT2D eigenvalue weighted by Gasteiger charge is -2.31. The minimum Gasteiger partial charge on any atom is -0.493 e. The van der Waals surface area contributed by atoms with Gasteiger partial charge in [-0.25, -0.2) is 0 Å². The minimum absolute atomic E-state index is 0.625. The second-order valence-corrected chi connectivity index (χ2v) is 13.7. The van der Waals surface area contributed by atoms with Gasteiger partial charge in [0, 0.05) is 11.3 Å². The molecule has 0 saturated carbocycles. The first-order chi connectivity index (χ1) is 16.6. The van der Waals surface area contributed by atoms with E-state index in [1.54, 1.807) is 21.3 Å². The van der Waals surface area contributed by atoms with Crippen LogP contribution in [0, 0.1) is 0 Å².